The van der Waals surface area contributed by atoms with Crippen LogP contribution in [-0.4, -0.2) is 47.9 Å². The molecule has 2 aromatic carbocycles. The van der Waals surface area contributed by atoms with Crippen LogP contribution in [0.15, 0.2) is 36.4 Å². The second-order valence-corrected chi connectivity index (χ2v) is 11.2. The standard InChI is InChI=1S/C25H27ClN4OS/c1-24(2)15-25(24)18-13-16(19(26)14-20(18)27-23(25)31)7-8-29-9-11-30(12-10-29)22-17-5-3-4-6-21(17)32-28-22/h3-6,13-14H,7-12,15H2,1-2H3,(H,27,31). The number of hydrogen-bond donors (Lipinski definition) is 1. The second kappa shape index (κ2) is 7.17. The predicted molar refractivity (Wildman–Crippen MR) is 132 cm³/mol. The number of rotatable bonds is 4. The number of carbonyl (C=O) groups is 1. The number of hydrogen-bond acceptors (Lipinski definition) is 5. The summed E-state index contributed by atoms with van der Waals surface area (Å²) in [5.74, 6) is 1.26. The fourth-order valence-corrected chi connectivity index (χ4v) is 6.70. The molecule has 3 aromatic rings. The number of carbonyl (C=O) groups excluding carboxylic acids is 1. The third-order valence-electron chi connectivity index (χ3n) is 7.75. The van der Waals surface area contributed by atoms with Gasteiger partial charge in [-0.1, -0.05) is 43.6 Å². The average molecular weight is 467 g/mol. The molecular formula is C25H27ClN4OS. The minimum Gasteiger partial charge on any atom is -0.353 e. The molecule has 1 aromatic heterocycles. The van der Waals surface area contributed by atoms with Crippen molar-refractivity contribution in [1.82, 2.24) is 9.27 Å². The van der Waals surface area contributed by atoms with Gasteiger partial charge in [0, 0.05) is 48.8 Å². The lowest BCUT2D eigenvalue weighted by atomic mass is 9.88. The van der Waals surface area contributed by atoms with Crippen LogP contribution in [-0.2, 0) is 16.6 Å². The zero-order valence-corrected chi connectivity index (χ0v) is 20.0. The molecule has 166 valence electrons. The first-order chi connectivity index (χ1) is 15.4. The Morgan fingerprint density at radius 3 is 2.66 bits per heavy atom. The van der Waals surface area contributed by atoms with E-state index in [0.717, 1.165) is 73.2 Å². The molecule has 2 aliphatic heterocycles. The number of amides is 1. The topological polar surface area (TPSA) is 48.5 Å². The fraction of sp³-hybridized carbons (Fsp3) is 0.440. The molecule has 3 heterocycles. The highest BCUT2D eigenvalue weighted by atomic mass is 35.5. The fourth-order valence-electron chi connectivity index (χ4n) is 5.65. The van der Waals surface area contributed by atoms with Crippen LogP contribution in [0, 0.1) is 5.41 Å². The van der Waals surface area contributed by atoms with Gasteiger partial charge in [0.25, 0.3) is 0 Å². The minimum atomic E-state index is -0.358. The van der Waals surface area contributed by atoms with Crippen molar-refractivity contribution in [3.05, 3.63) is 52.5 Å². The van der Waals surface area contributed by atoms with E-state index in [1.54, 1.807) is 11.5 Å². The van der Waals surface area contributed by atoms with Crippen molar-refractivity contribution in [3.8, 4) is 0 Å². The van der Waals surface area contributed by atoms with Crippen LogP contribution >= 0.6 is 23.1 Å². The van der Waals surface area contributed by atoms with E-state index in [2.05, 4.69) is 59.3 Å². The third kappa shape index (κ3) is 3.00. The normalized spacial score (nSPS) is 24.2. The van der Waals surface area contributed by atoms with Gasteiger partial charge in [0.15, 0.2) is 0 Å². The third-order valence-corrected chi connectivity index (χ3v) is 8.92. The molecule has 0 bridgehead atoms. The highest BCUT2D eigenvalue weighted by Gasteiger charge is 2.70. The van der Waals surface area contributed by atoms with Crippen LogP contribution in [0.4, 0.5) is 11.5 Å². The van der Waals surface area contributed by atoms with Crippen LogP contribution in [0.25, 0.3) is 10.1 Å². The van der Waals surface area contributed by atoms with Crippen LogP contribution in [0.3, 0.4) is 0 Å². The molecule has 1 spiro atoms. The highest BCUT2D eigenvalue weighted by Crippen LogP contribution is 2.68. The zero-order valence-electron chi connectivity index (χ0n) is 18.4. The quantitative estimate of drug-likeness (QED) is 0.592. The number of nitrogens with one attached hydrogen (secondary N) is 1. The first kappa shape index (κ1) is 20.5. The molecule has 3 aliphatic rings. The Bertz CT molecular complexity index is 1230. The molecule has 1 amide bonds. The number of fused-ring (bicyclic) bond motifs is 3. The van der Waals surface area contributed by atoms with Crippen LogP contribution in [0.5, 0.6) is 0 Å². The Hall–Kier alpha value is -2.15. The summed E-state index contributed by atoms with van der Waals surface area (Å²) in [6.45, 7) is 9.35. The van der Waals surface area contributed by atoms with Crippen molar-refractivity contribution in [2.45, 2.75) is 32.1 Å². The molecule has 1 saturated heterocycles. The van der Waals surface area contributed by atoms with Crippen molar-refractivity contribution in [1.29, 1.82) is 0 Å². The average Bonchev–Trinajstić information content (AvgIpc) is 3.06. The first-order valence-electron chi connectivity index (χ1n) is 11.4. The van der Waals surface area contributed by atoms with Crippen molar-refractivity contribution in [3.63, 3.8) is 0 Å². The van der Waals surface area contributed by atoms with Crippen molar-refractivity contribution < 1.29 is 4.79 Å². The van der Waals surface area contributed by atoms with Gasteiger partial charge in [-0.05, 0) is 59.1 Å². The van der Waals surface area contributed by atoms with Crippen LogP contribution in [0.2, 0.25) is 5.02 Å². The van der Waals surface area contributed by atoms with Crippen molar-refractivity contribution in [2.75, 3.05) is 42.9 Å². The van der Waals surface area contributed by atoms with Gasteiger partial charge in [0.1, 0.15) is 5.82 Å². The molecule has 5 nitrogen and oxygen atoms in total. The maximum Gasteiger partial charge on any atom is 0.235 e. The number of halogens is 1. The molecule has 2 fully saturated rings. The summed E-state index contributed by atoms with van der Waals surface area (Å²) >= 11 is 8.20. The predicted octanol–water partition coefficient (Wildman–Crippen LogP) is 4.93. The van der Waals surface area contributed by atoms with E-state index in [0.29, 0.717) is 0 Å². The molecule has 1 aliphatic carbocycles. The Kier molecular flexibility index (Phi) is 4.59. The van der Waals surface area contributed by atoms with Gasteiger partial charge in [0.2, 0.25) is 5.91 Å². The first-order valence-corrected chi connectivity index (χ1v) is 12.5. The molecule has 7 heteroatoms. The SMILES string of the molecule is CC1(C)CC12C(=O)Nc1cc(Cl)c(CCN3CCN(c4nsc5ccccc45)CC3)cc12. The molecule has 1 unspecified atom stereocenters. The molecule has 6 rings (SSSR count). The number of piperazine rings is 1. The lowest BCUT2D eigenvalue weighted by Gasteiger charge is -2.35. The van der Waals surface area contributed by atoms with E-state index in [9.17, 15) is 4.79 Å². The molecule has 32 heavy (non-hydrogen) atoms. The zero-order chi connectivity index (χ0) is 22.1. The molecular weight excluding hydrogens is 440 g/mol. The second-order valence-electron chi connectivity index (χ2n) is 9.99. The van der Waals surface area contributed by atoms with Gasteiger partial charge in [-0.25, -0.2) is 0 Å². The lowest BCUT2D eigenvalue weighted by Crippen LogP contribution is -2.47. The summed E-state index contributed by atoms with van der Waals surface area (Å²) in [6, 6.07) is 12.6. The number of nitrogens with zero attached hydrogens (tertiary/aromatic N) is 3. The maximum atomic E-state index is 12.7. The van der Waals surface area contributed by atoms with Crippen molar-refractivity contribution in [2.24, 2.45) is 5.41 Å². The lowest BCUT2D eigenvalue weighted by molar-refractivity contribution is -0.118. The Morgan fingerprint density at radius 2 is 1.91 bits per heavy atom. The van der Waals surface area contributed by atoms with E-state index in [1.165, 1.54) is 10.1 Å². The number of anilines is 2. The Balaban J connectivity index is 1.13. The van der Waals surface area contributed by atoms with Gasteiger partial charge >= 0.3 is 0 Å². The Morgan fingerprint density at radius 1 is 1.16 bits per heavy atom. The summed E-state index contributed by atoms with van der Waals surface area (Å²) in [6.07, 6.45) is 1.81. The Labute approximate surface area is 197 Å². The van der Waals surface area contributed by atoms with Gasteiger partial charge in [-0.2, -0.15) is 4.37 Å². The van der Waals surface area contributed by atoms with E-state index in [-0.39, 0.29) is 16.7 Å². The van der Waals surface area contributed by atoms with Crippen molar-refractivity contribution >= 4 is 50.6 Å². The molecule has 0 radical (unpaired) electrons. The summed E-state index contributed by atoms with van der Waals surface area (Å²) < 4.78 is 5.97. The summed E-state index contributed by atoms with van der Waals surface area (Å²) in [7, 11) is 0. The number of benzene rings is 2. The molecule has 1 atom stereocenters. The maximum absolute atomic E-state index is 12.7. The van der Waals surface area contributed by atoms with Crippen LogP contribution < -0.4 is 10.2 Å². The summed E-state index contributed by atoms with van der Waals surface area (Å²) in [5, 5.41) is 5.08. The molecule has 1 saturated carbocycles. The monoisotopic (exact) mass is 466 g/mol. The summed E-state index contributed by atoms with van der Waals surface area (Å²) in [5.41, 5.74) is 2.86. The van der Waals surface area contributed by atoms with E-state index in [1.807, 2.05) is 6.07 Å². The van der Waals surface area contributed by atoms with Gasteiger partial charge in [0.05, 0.1) is 10.1 Å². The van der Waals surface area contributed by atoms with Gasteiger partial charge < -0.3 is 10.2 Å². The van der Waals surface area contributed by atoms with Crippen LogP contribution in [0.1, 0.15) is 31.4 Å². The molecule has 1 N–H and O–H groups in total. The minimum absolute atomic E-state index is 0.0175. The van der Waals surface area contributed by atoms with E-state index < -0.39 is 0 Å². The highest BCUT2D eigenvalue weighted by molar-refractivity contribution is 7.13. The largest absolute Gasteiger partial charge is 0.353 e. The smallest absolute Gasteiger partial charge is 0.235 e. The van der Waals surface area contributed by atoms with Gasteiger partial charge in [-0.3, -0.25) is 9.69 Å². The van der Waals surface area contributed by atoms with E-state index >= 15 is 0 Å². The van der Waals surface area contributed by atoms with Gasteiger partial charge in [-0.15, -0.1) is 0 Å². The summed E-state index contributed by atoms with van der Waals surface area (Å²) in [4.78, 5) is 17.6. The number of aromatic nitrogens is 1. The van der Waals surface area contributed by atoms with E-state index in [4.69, 9.17) is 16.0 Å².